The Bertz CT molecular complexity index is 877. The van der Waals surface area contributed by atoms with Crippen molar-refractivity contribution in [1.29, 1.82) is 0 Å². The average Bonchev–Trinajstić information content (AvgIpc) is 2.65. The lowest BCUT2D eigenvalue weighted by molar-refractivity contribution is 0.252. The van der Waals surface area contributed by atoms with Crippen LogP contribution in [0.3, 0.4) is 0 Å². The van der Waals surface area contributed by atoms with E-state index in [1.54, 1.807) is 19.2 Å². The average molecular weight is 427 g/mol. The van der Waals surface area contributed by atoms with Gasteiger partial charge in [-0.15, -0.1) is 0 Å². The second kappa shape index (κ2) is 8.83. The molecule has 2 N–H and O–H groups in total. The zero-order valence-electron chi connectivity index (χ0n) is 14.6. The van der Waals surface area contributed by atoms with Crippen molar-refractivity contribution in [3.8, 4) is 5.75 Å². The molecule has 0 radical (unpaired) electrons. The first-order valence-electron chi connectivity index (χ1n) is 8.38. The largest absolute Gasteiger partial charge is 0.497 e. The number of hydrogen-bond donors (Lipinski definition) is 2. The maximum absolute atomic E-state index is 12.1. The highest BCUT2D eigenvalue weighted by molar-refractivity contribution is 6.48. The summed E-state index contributed by atoms with van der Waals surface area (Å²) in [6.45, 7) is 1.19. The maximum Gasteiger partial charge on any atom is 0.319 e. The molecule has 1 aliphatic rings. The Kier molecular flexibility index (Phi) is 6.47. The number of carbonyl (C=O) groups is 1. The monoisotopic (exact) mass is 425 g/mol. The zero-order valence-corrected chi connectivity index (χ0v) is 16.9. The summed E-state index contributed by atoms with van der Waals surface area (Å²) < 4.78 is 5.30. The van der Waals surface area contributed by atoms with Crippen LogP contribution < -0.4 is 15.4 Å². The molecule has 1 aliphatic heterocycles. The molecule has 0 saturated carbocycles. The second-order valence-electron chi connectivity index (χ2n) is 5.99. The van der Waals surface area contributed by atoms with Gasteiger partial charge in [0.1, 0.15) is 5.75 Å². The fourth-order valence-corrected chi connectivity index (χ4v) is 3.47. The summed E-state index contributed by atoms with van der Waals surface area (Å²) in [7, 11) is 1.64. The van der Waals surface area contributed by atoms with Crippen LogP contribution in [0.2, 0.25) is 15.1 Å². The first-order valence-corrected chi connectivity index (χ1v) is 9.51. The summed E-state index contributed by atoms with van der Waals surface area (Å²) >= 11 is 17.8. The van der Waals surface area contributed by atoms with Gasteiger partial charge in [0.05, 0.1) is 22.2 Å². The Morgan fingerprint density at radius 2 is 1.93 bits per heavy atom. The molecule has 8 heteroatoms. The van der Waals surface area contributed by atoms with Crippen molar-refractivity contribution in [2.24, 2.45) is 4.99 Å². The normalized spacial score (nSPS) is 12.8. The van der Waals surface area contributed by atoms with E-state index in [2.05, 4.69) is 21.7 Å². The van der Waals surface area contributed by atoms with Crippen molar-refractivity contribution in [1.82, 2.24) is 5.32 Å². The minimum Gasteiger partial charge on any atom is -0.497 e. The van der Waals surface area contributed by atoms with Gasteiger partial charge in [0.15, 0.2) is 0 Å². The van der Waals surface area contributed by atoms with Crippen molar-refractivity contribution in [2.45, 2.75) is 12.8 Å². The number of halogens is 3. The Morgan fingerprint density at radius 1 is 1.19 bits per heavy atom. The number of nitrogens with zero attached hydrogens (tertiary/aromatic N) is 1. The first-order chi connectivity index (χ1) is 13.0. The number of methoxy groups -OCH3 is 1. The van der Waals surface area contributed by atoms with Gasteiger partial charge < -0.3 is 15.4 Å². The highest BCUT2D eigenvalue weighted by Gasteiger charge is 2.15. The molecule has 0 bridgehead atoms. The third-order valence-electron chi connectivity index (χ3n) is 4.20. The van der Waals surface area contributed by atoms with Crippen LogP contribution in [-0.4, -0.2) is 31.9 Å². The van der Waals surface area contributed by atoms with E-state index in [1.807, 2.05) is 12.1 Å². The van der Waals surface area contributed by atoms with Gasteiger partial charge in [0.25, 0.3) is 0 Å². The third kappa shape index (κ3) is 4.86. The van der Waals surface area contributed by atoms with Gasteiger partial charge in [-0.05, 0) is 36.2 Å². The van der Waals surface area contributed by atoms with Crippen LogP contribution >= 0.6 is 34.8 Å². The Morgan fingerprint density at radius 3 is 2.63 bits per heavy atom. The minimum absolute atomic E-state index is 0.258. The molecule has 0 atom stereocenters. The van der Waals surface area contributed by atoms with E-state index in [0.717, 1.165) is 30.0 Å². The van der Waals surface area contributed by atoms with Crippen molar-refractivity contribution >= 4 is 52.2 Å². The maximum atomic E-state index is 12.1. The van der Waals surface area contributed by atoms with Gasteiger partial charge in [0.2, 0.25) is 0 Å². The van der Waals surface area contributed by atoms with Crippen molar-refractivity contribution in [3.05, 3.63) is 56.5 Å². The number of benzene rings is 2. The van der Waals surface area contributed by atoms with Crippen LogP contribution in [-0.2, 0) is 6.42 Å². The van der Waals surface area contributed by atoms with Crippen molar-refractivity contribution < 1.29 is 9.53 Å². The standard InChI is InChI=1S/C19H18Cl3N3O2/c1-27-13-3-2-11-4-6-23-17(14(11)10-13)5-7-24-19(26)25-12-8-15(20)18(22)16(21)9-12/h2-3,8-10H,4-7H2,1H3,(H2,24,25,26). The smallest absolute Gasteiger partial charge is 0.319 e. The number of rotatable bonds is 5. The van der Waals surface area contributed by atoms with Gasteiger partial charge >= 0.3 is 6.03 Å². The lowest BCUT2D eigenvalue weighted by Crippen LogP contribution is -2.31. The molecule has 142 valence electrons. The fourth-order valence-electron chi connectivity index (χ4n) is 2.88. The predicted octanol–water partition coefficient (Wildman–Crippen LogP) is 5.21. The molecule has 0 spiro atoms. The molecule has 2 aromatic carbocycles. The number of ether oxygens (including phenoxy) is 1. The summed E-state index contributed by atoms with van der Waals surface area (Å²) in [5, 5.41) is 6.32. The summed E-state index contributed by atoms with van der Waals surface area (Å²) in [5.41, 5.74) is 3.76. The van der Waals surface area contributed by atoms with E-state index >= 15 is 0 Å². The number of hydrogen-bond acceptors (Lipinski definition) is 3. The molecule has 0 fully saturated rings. The first kappa shape index (κ1) is 19.8. The van der Waals surface area contributed by atoms with Crippen molar-refractivity contribution in [2.75, 3.05) is 25.5 Å². The Hall–Kier alpha value is -1.95. The van der Waals surface area contributed by atoms with Crippen LogP contribution in [0.15, 0.2) is 35.3 Å². The predicted molar refractivity (Wildman–Crippen MR) is 111 cm³/mol. The van der Waals surface area contributed by atoms with E-state index in [-0.39, 0.29) is 21.1 Å². The minimum atomic E-state index is -0.355. The SMILES string of the molecule is COc1ccc2c(c1)C(CCNC(=O)Nc1cc(Cl)c(Cl)c(Cl)c1)=NCC2. The van der Waals surface area contributed by atoms with Gasteiger partial charge in [0, 0.05) is 36.5 Å². The molecule has 27 heavy (non-hydrogen) atoms. The van der Waals surface area contributed by atoms with E-state index in [9.17, 15) is 4.79 Å². The molecule has 0 aromatic heterocycles. The molecule has 0 unspecified atom stereocenters. The number of carbonyl (C=O) groups excluding carboxylic acids is 1. The fraction of sp³-hybridized carbons (Fsp3) is 0.263. The molecule has 2 amide bonds. The van der Waals surface area contributed by atoms with Gasteiger partial charge in [-0.25, -0.2) is 4.79 Å². The number of amides is 2. The zero-order chi connectivity index (χ0) is 19.4. The van der Waals surface area contributed by atoms with E-state index in [0.29, 0.717) is 18.7 Å². The number of anilines is 1. The van der Waals surface area contributed by atoms with Crippen LogP contribution in [0.5, 0.6) is 5.75 Å². The number of aliphatic imine (C=N–C) groups is 1. The second-order valence-corrected chi connectivity index (χ2v) is 7.18. The van der Waals surface area contributed by atoms with Crippen LogP contribution in [0.1, 0.15) is 17.5 Å². The summed E-state index contributed by atoms with van der Waals surface area (Å²) in [5.74, 6) is 0.797. The summed E-state index contributed by atoms with van der Waals surface area (Å²) in [4.78, 5) is 16.7. The number of nitrogens with one attached hydrogen (secondary N) is 2. The highest BCUT2D eigenvalue weighted by Crippen LogP contribution is 2.33. The molecule has 2 aromatic rings. The quantitative estimate of drug-likeness (QED) is 0.644. The van der Waals surface area contributed by atoms with Gasteiger partial charge in [-0.3, -0.25) is 4.99 Å². The van der Waals surface area contributed by atoms with Crippen LogP contribution in [0.25, 0.3) is 0 Å². The third-order valence-corrected chi connectivity index (χ3v) is 5.40. The Balaban J connectivity index is 1.57. The number of urea groups is 1. The van der Waals surface area contributed by atoms with Crippen LogP contribution in [0.4, 0.5) is 10.5 Å². The summed E-state index contributed by atoms with van der Waals surface area (Å²) in [6, 6.07) is 8.75. The summed E-state index contributed by atoms with van der Waals surface area (Å²) in [6.07, 6.45) is 1.53. The lowest BCUT2D eigenvalue weighted by Gasteiger charge is -2.18. The number of fused-ring (bicyclic) bond motifs is 1. The van der Waals surface area contributed by atoms with Crippen LogP contribution in [0, 0.1) is 0 Å². The van der Waals surface area contributed by atoms with E-state index in [1.165, 1.54) is 5.56 Å². The van der Waals surface area contributed by atoms with Crippen molar-refractivity contribution in [3.63, 3.8) is 0 Å². The molecule has 3 rings (SSSR count). The molecule has 0 saturated heterocycles. The molecule has 0 aliphatic carbocycles. The molecule has 1 heterocycles. The van der Waals surface area contributed by atoms with E-state index < -0.39 is 0 Å². The van der Waals surface area contributed by atoms with Gasteiger partial charge in [-0.1, -0.05) is 40.9 Å². The molecular weight excluding hydrogens is 409 g/mol. The highest BCUT2D eigenvalue weighted by atomic mass is 35.5. The van der Waals surface area contributed by atoms with Gasteiger partial charge in [-0.2, -0.15) is 0 Å². The Labute approximate surface area is 172 Å². The lowest BCUT2D eigenvalue weighted by atomic mass is 9.95. The topological polar surface area (TPSA) is 62.7 Å². The molecular formula is C19H18Cl3N3O2. The van der Waals surface area contributed by atoms with E-state index in [4.69, 9.17) is 39.5 Å². The molecule has 5 nitrogen and oxygen atoms in total.